The number of thioether (sulfide) groups is 1. The molecule has 1 amide bonds. The monoisotopic (exact) mass is 551 g/mol. The maximum Gasteiger partial charge on any atom is 0.348 e. The zero-order valence-electron chi connectivity index (χ0n) is 21.5. The van der Waals surface area contributed by atoms with Crippen LogP contribution in [0, 0.1) is 0 Å². The summed E-state index contributed by atoms with van der Waals surface area (Å²) in [6.07, 6.45) is -6.08. The first-order valence-corrected chi connectivity index (χ1v) is 12.2. The Hall–Kier alpha value is -2.91. The van der Waals surface area contributed by atoms with Gasteiger partial charge in [0.05, 0.1) is 19.8 Å². The van der Waals surface area contributed by atoms with Crippen molar-refractivity contribution in [2.45, 2.75) is 76.4 Å². The highest BCUT2D eigenvalue weighted by molar-refractivity contribution is 8.01. The molecule has 1 fully saturated rings. The first kappa shape index (κ1) is 32.1. The van der Waals surface area contributed by atoms with Crippen LogP contribution in [0.1, 0.15) is 41.0 Å². The van der Waals surface area contributed by atoms with Crippen molar-refractivity contribution in [2.24, 2.45) is 0 Å². The van der Waals surface area contributed by atoms with E-state index in [1.165, 1.54) is 6.92 Å². The van der Waals surface area contributed by atoms with Gasteiger partial charge < -0.3 is 38.8 Å². The molecule has 0 unspecified atom stereocenters. The van der Waals surface area contributed by atoms with Gasteiger partial charge in [-0.25, -0.2) is 4.79 Å². The molecular formula is C22H33NO13S. The number of amides is 1. The number of hydrogen-bond donors (Lipinski definition) is 2. The number of carbonyl (C=O) groups excluding carboxylic acids is 6. The van der Waals surface area contributed by atoms with Gasteiger partial charge in [0.2, 0.25) is 10.8 Å². The second kappa shape index (κ2) is 14.7. The predicted molar refractivity (Wildman–Crippen MR) is 125 cm³/mol. The standard InChI is InChI=1S/C22H33NO13S/c1-11(25)23-18-16(33-13(3)27)9-22(21(30)31-6,37-8-7-24)36-20(18)19(35-15(5)29)17(34-14(4)28)10-32-12(2)26/h16-20,24H,7-10H2,1-6H3,(H,23,25)/t16-,17+,18+,19+,20+,22+/m0/s1. The number of hydrogen-bond acceptors (Lipinski definition) is 14. The smallest absolute Gasteiger partial charge is 0.348 e. The molecule has 1 aliphatic rings. The molecule has 1 saturated heterocycles. The van der Waals surface area contributed by atoms with Gasteiger partial charge in [0.25, 0.3) is 0 Å². The number of methoxy groups -OCH3 is 1. The highest BCUT2D eigenvalue weighted by atomic mass is 32.2. The number of aliphatic hydroxyl groups is 1. The van der Waals surface area contributed by atoms with E-state index in [9.17, 15) is 33.9 Å². The maximum absolute atomic E-state index is 13.0. The largest absolute Gasteiger partial charge is 0.466 e. The number of aliphatic hydroxyl groups excluding tert-OH is 1. The van der Waals surface area contributed by atoms with Gasteiger partial charge >= 0.3 is 29.8 Å². The lowest BCUT2D eigenvalue weighted by atomic mass is 9.89. The number of rotatable bonds is 12. The molecule has 0 saturated carbocycles. The molecule has 0 aromatic rings. The lowest BCUT2D eigenvalue weighted by molar-refractivity contribution is -0.224. The number of ether oxygens (including phenoxy) is 6. The third kappa shape index (κ3) is 9.81. The van der Waals surface area contributed by atoms with Crippen LogP contribution in [0.15, 0.2) is 0 Å². The van der Waals surface area contributed by atoms with E-state index in [1.807, 2.05) is 0 Å². The zero-order chi connectivity index (χ0) is 28.3. The summed E-state index contributed by atoms with van der Waals surface area (Å²) in [4.78, 5) is 70.6. The first-order chi connectivity index (χ1) is 17.3. The van der Waals surface area contributed by atoms with E-state index in [2.05, 4.69) is 5.32 Å². The molecule has 0 aliphatic carbocycles. The Bertz CT molecular complexity index is 866. The van der Waals surface area contributed by atoms with Gasteiger partial charge in [-0.3, -0.25) is 24.0 Å². The predicted octanol–water partition coefficient (Wildman–Crippen LogP) is -0.767. The van der Waals surface area contributed by atoms with Crippen molar-refractivity contribution < 1.29 is 62.3 Å². The summed E-state index contributed by atoms with van der Waals surface area (Å²) in [5.41, 5.74) is 0. The van der Waals surface area contributed by atoms with Gasteiger partial charge in [-0.05, 0) is 0 Å². The highest BCUT2D eigenvalue weighted by Crippen LogP contribution is 2.42. The highest BCUT2D eigenvalue weighted by Gasteiger charge is 2.58. The molecule has 14 nitrogen and oxygen atoms in total. The van der Waals surface area contributed by atoms with Crippen molar-refractivity contribution >= 4 is 47.5 Å². The average Bonchev–Trinajstić information content (AvgIpc) is 2.78. The molecular weight excluding hydrogens is 518 g/mol. The van der Waals surface area contributed by atoms with Crippen molar-refractivity contribution in [3.63, 3.8) is 0 Å². The number of carbonyl (C=O) groups is 6. The molecule has 0 bridgehead atoms. The topological polar surface area (TPSA) is 190 Å². The summed E-state index contributed by atoms with van der Waals surface area (Å²) >= 11 is 0.829. The second-order valence-corrected chi connectivity index (χ2v) is 9.36. The van der Waals surface area contributed by atoms with Crippen molar-refractivity contribution in [1.29, 1.82) is 0 Å². The van der Waals surface area contributed by atoms with Crippen molar-refractivity contribution in [2.75, 3.05) is 26.1 Å². The van der Waals surface area contributed by atoms with Crippen LogP contribution in [0.25, 0.3) is 0 Å². The van der Waals surface area contributed by atoms with Gasteiger partial charge in [0, 0.05) is 46.8 Å². The molecule has 210 valence electrons. The minimum Gasteiger partial charge on any atom is -0.466 e. The van der Waals surface area contributed by atoms with E-state index in [0.717, 1.165) is 46.6 Å². The maximum atomic E-state index is 13.0. The van der Waals surface area contributed by atoms with Crippen LogP contribution >= 0.6 is 11.8 Å². The fraction of sp³-hybridized carbons (Fsp3) is 0.727. The Morgan fingerprint density at radius 3 is 2.08 bits per heavy atom. The summed E-state index contributed by atoms with van der Waals surface area (Å²) < 4.78 is 32.2. The molecule has 0 radical (unpaired) electrons. The third-order valence-electron chi connectivity index (χ3n) is 4.92. The van der Waals surface area contributed by atoms with Crippen LogP contribution in [0.4, 0.5) is 0 Å². The summed E-state index contributed by atoms with van der Waals surface area (Å²) in [5, 5.41) is 12.0. The van der Waals surface area contributed by atoms with Gasteiger partial charge in [0.1, 0.15) is 18.8 Å². The van der Waals surface area contributed by atoms with Crippen LogP contribution in [0.2, 0.25) is 0 Å². The summed E-state index contributed by atoms with van der Waals surface area (Å²) in [6, 6.07) is -1.23. The fourth-order valence-corrected chi connectivity index (χ4v) is 4.84. The molecule has 1 aliphatic heterocycles. The van der Waals surface area contributed by atoms with Crippen molar-refractivity contribution in [3.8, 4) is 0 Å². The van der Waals surface area contributed by atoms with E-state index >= 15 is 0 Å². The Kier molecular flexibility index (Phi) is 12.8. The summed E-state index contributed by atoms with van der Waals surface area (Å²) in [7, 11) is 1.09. The molecule has 0 aromatic heterocycles. The number of nitrogens with one attached hydrogen (secondary N) is 1. The van der Waals surface area contributed by atoms with E-state index < -0.39 is 77.8 Å². The third-order valence-corrected chi connectivity index (χ3v) is 6.20. The molecule has 6 atom stereocenters. The van der Waals surface area contributed by atoms with Crippen molar-refractivity contribution in [1.82, 2.24) is 5.32 Å². The second-order valence-electron chi connectivity index (χ2n) is 8.00. The lowest BCUT2D eigenvalue weighted by Gasteiger charge is -2.48. The van der Waals surface area contributed by atoms with Crippen LogP contribution < -0.4 is 5.32 Å². The molecule has 2 N–H and O–H groups in total. The van der Waals surface area contributed by atoms with E-state index in [4.69, 9.17) is 28.4 Å². The molecule has 1 heterocycles. The molecule has 15 heteroatoms. The molecule has 0 spiro atoms. The first-order valence-electron chi connectivity index (χ1n) is 11.2. The zero-order valence-corrected chi connectivity index (χ0v) is 22.3. The number of esters is 5. The van der Waals surface area contributed by atoms with Gasteiger partial charge in [-0.15, -0.1) is 11.8 Å². The van der Waals surface area contributed by atoms with Crippen LogP contribution in [0.3, 0.4) is 0 Å². The minimum absolute atomic E-state index is 0.0154. The van der Waals surface area contributed by atoms with Crippen LogP contribution in [0.5, 0.6) is 0 Å². The van der Waals surface area contributed by atoms with Gasteiger partial charge in [-0.2, -0.15) is 0 Å². The Morgan fingerprint density at radius 2 is 1.62 bits per heavy atom. The Balaban J connectivity index is 3.78. The SMILES string of the molecule is COC(=O)[C@]1(SCCO)C[C@H](OC(C)=O)[C@@H](NC(C)=O)[C@H]([C@H](OC(C)=O)[C@@H](COC(C)=O)OC(C)=O)O1. The fourth-order valence-electron chi connectivity index (χ4n) is 3.76. The van der Waals surface area contributed by atoms with Gasteiger partial charge in [-0.1, -0.05) is 0 Å². The van der Waals surface area contributed by atoms with E-state index in [0.29, 0.717) is 0 Å². The molecule has 37 heavy (non-hydrogen) atoms. The Labute approximate surface area is 218 Å². The quantitative estimate of drug-likeness (QED) is 0.227. The van der Waals surface area contributed by atoms with Crippen LogP contribution in [-0.4, -0.2) is 102 Å². The summed E-state index contributed by atoms with van der Waals surface area (Å²) in [6.45, 7) is 4.57. The van der Waals surface area contributed by atoms with E-state index in [1.54, 1.807) is 0 Å². The van der Waals surface area contributed by atoms with Crippen LogP contribution in [-0.2, 0) is 57.2 Å². The lowest BCUT2D eigenvalue weighted by Crippen LogP contribution is -2.68. The Morgan fingerprint density at radius 1 is 1.00 bits per heavy atom. The van der Waals surface area contributed by atoms with E-state index in [-0.39, 0.29) is 18.8 Å². The minimum atomic E-state index is -1.90. The summed E-state index contributed by atoms with van der Waals surface area (Å²) in [5.74, 6) is -4.70. The normalized spacial score (nSPS) is 24.6. The van der Waals surface area contributed by atoms with Crippen molar-refractivity contribution in [3.05, 3.63) is 0 Å². The molecule has 0 aromatic carbocycles. The van der Waals surface area contributed by atoms with Gasteiger partial charge in [0.15, 0.2) is 12.2 Å². The molecule has 1 rings (SSSR count). The average molecular weight is 552 g/mol.